The van der Waals surface area contributed by atoms with Gasteiger partial charge in [-0.2, -0.15) is 0 Å². The zero-order valence-electron chi connectivity index (χ0n) is 12.6. The number of hydrogen-bond donors (Lipinski definition) is 1. The number of benzene rings is 1. The average molecular weight is 274 g/mol. The van der Waals surface area contributed by atoms with Crippen LogP contribution in [-0.4, -0.2) is 36.0 Å². The van der Waals surface area contributed by atoms with E-state index >= 15 is 0 Å². The minimum absolute atomic E-state index is 0.0817. The summed E-state index contributed by atoms with van der Waals surface area (Å²) >= 11 is 0. The molecule has 3 nitrogen and oxygen atoms in total. The maximum atomic E-state index is 12.3. The predicted octanol–water partition coefficient (Wildman–Crippen LogP) is 2.61. The summed E-state index contributed by atoms with van der Waals surface area (Å²) in [6, 6.07) is 10.8. The number of rotatable bonds is 6. The molecule has 0 spiro atoms. The fourth-order valence-electron chi connectivity index (χ4n) is 2.86. The zero-order valence-corrected chi connectivity index (χ0v) is 12.6. The molecule has 20 heavy (non-hydrogen) atoms. The van der Waals surface area contributed by atoms with Gasteiger partial charge in [-0.05, 0) is 38.2 Å². The van der Waals surface area contributed by atoms with Gasteiger partial charge in [-0.15, -0.1) is 0 Å². The number of nitrogens with one attached hydrogen (secondary N) is 1. The Morgan fingerprint density at radius 2 is 1.90 bits per heavy atom. The summed E-state index contributed by atoms with van der Waals surface area (Å²) in [5.41, 5.74) is 1.33. The number of nitrogens with zero attached hydrogens (tertiary/aromatic N) is 1. The molecule has 1 amide bonds. The van der Waals surface area contributed by atoms with E-state index in [0.717, 1.165) is 38.8 Å². The molecule has 1 aliphatic heterocycles. The normalized spacial score (nSPS) is 18.0. The SMILES string of the molecule is CCC(Cc1ccccc1)NC(C)C(=O)N1CCCC1. The van der Waals surface area contributed by atoms with Gasteiger partial charge in [0, 0.05) is 19.1 Å². The summed E-state index contributed by atoms with van der Waals surface area (Å²) in [5, 5.41) is 3.50. The molecule has 0 aromatic heterocycles. The van der Waals surface area contributed by atoms with E-state index in [1.807, 2.05) is 17.9 Å². The number of amides is 1. The summed E-state index contributed by atoms with van der Waals surface area (Å²) in [6.07, 6.45) is 4.32. The van der Waals surface area contributed by atoms with Crippen LogP contribution in [0.4, 0.5) is 0 Å². The first-order valence-electron chi connectivity index (χ1n) is 7.79. The van der Waals surface area contributed by atoms with Gasteiger partial charge < -0.3 is 10.2 Å². The van der Waals surface area contributed by atoms with Crippen LogP contribution in [0.5, 0.6) is 0 Å². The maximum absolute atomic E-state index is 12.3. The number of carbonyl (C=O) groups is 1. The molecule has 1 saturated heterocycles. The second-order valence-electron chi connectivity index (χ2n) is 5.72. The number of carbonyl (C=O) groups excluding carboxylic acids is 1. The molecular weight excluding hydrogens is 248 g/mol. The standard InChI is InChI=1S/C17H26N2O/c1-3-16(13-15-9-5-4-6-10-15)18-14(2)17(20)19-11-7-8-12-19/h4-6,9-10,14,16,18H,3,7-8,11-13H2,1-2H3. The summed E-state index contributed by atoms with van der Waals surface area (Å²) in [6.45, 7) is 6.03. The van der Waals surface area contributed by atoms with Crippen molar-refractivity contribution in [3.05, 3.63) is 35.9 Å². The van der Waals surface area contributed by atoms with Crippen molar-refractivity contribution in [2.24, 2.45) is 0 Å². The molecule has 1 aliphatic rings. The van der Waals surface area contributed by atoms with Crippen LogP contribution >= 0.6 is 0 Å². The second-order valence-corrected chi connectivity index (χ2v) is 5.72. The van der Waals surface area contributed by atoms with Crippen molar-refractivity contribution in [2.45, 2.75) is 51.6 Å². The number of likely N-dealkylation sites (tertiary alicyclic amines) is 1. The second kappa shape index (κ2) is 7.44. The molecule has 110 valence electrons. The van der Waals surface area contributed by atoms with E-state index in [0.29, 0.717) is 6.04 Å². The van der Waals surface area contributed by atoms with Crippen molar-refractivity contribution in [1.82, 2.24) is 10.2 Å². The first kappa shape index (κ1) is 15.0. The maximum Gasteiger partial charge on any atom is 0.239 e. The fraction of sp³-hybridized carbons (Fsp3) is 0.588. The van der Waals surface area contributed by atoms with E-state index in [1.165, 1.54) is 5.56 Å². The smallest absolute Gasteiger partial charge is 0.239 e. The van der Waals surface area contributed by atoms with Crippen molar-refractivity contribution in [2.75, 3.05) is 13.1 Å². The van der Waals surface area contributed by atoms with E-state index in [9.17, 15) is 4.79 Å². The fourth-order valence-corrected chi connectivity index (χ4v) is 2.86. The molecule has 0 radical (unpaired) electrons. The zero-order chi connectivity index (χ0) is 14.4. The van der Waals surface area contributed by atoms with Crippen LogP contribution in [0, 0.1) is 0 Å². The molecule has 0 saturated carbocycles. The Bertz CT molecular complexity index is 412. The van der Waals surface area contributed by atoms with Gasteiger partial charge in [0.15, 0.2) is 0 Å². The molecule has 2 unspecified atom stereocenters. The van der Waals surface area contributed by atoms with Gasteiger partial charge >= 0.3 is 0 Å². The average Bonchev–Trinajstić information content (AvgIpc) is 3.01. The van der Waals surface area contributed by atoms with Gasteiger partial charge in [-0.3, -0.25) is 4.79 Å². The van der Waals surface area contributed by atoms with E-state index in [-0.39, 0.29) is 11.9 Å². The van der Waals surface area contributed by atoms with Crippen LogP contribution < -0.4 is 5.32 Å². The van der Waals surface area contributed by atoms with Crippen molar-refractivity contribution in [3.8, 4) is 0 Å². The van der Waals surface area contributed by atoms with Crippen molar-refractivity contribution >= 4 is 5.91 Å². The molecule has 2 rings (SSSR count). The predicted molar refractivity (Wildman–Crippen MR) is 82.6 cm³/mol. The first-order valence-corrected chi connectivity index (χ1v) is 7.79. The van der Waals surface area contributed by atoms with E-state index in [4.69, 9.17) is 0 Å². The van der Waals surface area contributed by atoms with Crippen LogP contribution in [0.2, 0.25) is 0 Å². The molecule has 2 atom stereocenters. The van der Waals surface area contributed by atoms with E-state index < -0.39 is 0 Å². The number of hydrogen-bond acceptors (Lipinski definition) is 2. The summed E-state index contributed by atoms with van der Waals surface area (Å²) < 4.78 is 0. The molecular formula is C17H26N2O. The molecule has 0 aliphatic carbocycles. The molecule has 1 heterocycles. The van der Waals surface area contributed by atoms with Crippen LogP contribution in [0.15, 0.2) is 30.3 Å². The van der Waals surface area contributed by atoms with Gasteiger partial charge in [-0.1, -0.05) is 37.3 Å². The van der Waals surface area contributed by atoms with Gasteiger partial charge in [0.1, 0.15) is 0 Å². The van der Waals surface area contributed by atoms with Crippen LogP contribution in [0.25, 0.3) is 0 Å². The lowest BCUT2D eigenvalue weighted by molar-refractivity contribution is -0.132. The molecule has 1 fully saturated rings. The Morgan fingerprint density at radius 1 is 1.25 bits per heavy atom. The Morgan fingerprint density at radius 3 is 2.50 bits per heavy atom. The molecule has 0 bridgehead atoms. The van der Waals surface area contributed by atoms with Crippen molar-refractivity contribution in [1.29, 1.82) is 0 Å². The third-order valence-corrected chi connectivity index (χ3v) is 4.09. The molecule has 1 aromatic carbocycles. The lowest BCUT2D eigenvalue weighted by atomic mass is 10.0. The Hall–Kier alpha value is -1.35. The highest BCUT2D eigenvalue weighted by atomic mass is 16.2. The minimum atomic E-state index is -0.0817. The third-order valence-electron chi connectivity index (χ3n) is 4.09. The summed E-state index contributed by atoms with van der Waals surface area (Å²) in [4.78, 5) is 14.3. The van der Waals surface area contributed by atoms with Crippen LogP contribution in [0.1, 0.15) is 38.7 Å². The topological polar surface area (TPSA) is 32.3 Å². The Kier molecular flexibility index (Phi) is 5.60. The lowest BCUT2D eigenvalue weighted by Crippen LogP contribution is -2.48. The van der Waals surface area contributed by atoms with Gasteiger partial charge in [-0.25, -0.2) is 0 Å². The largest absolute Gasteiger partial charge is 0.341 e. The summed E-state index contributed by atoms with van der Waals surface area (Å²) in [5.74, 6) is 0.258. The van der Waals surface area contributed by atoms with Gasteiger partial charge in [0.25, 0.3) is 0 Å². The Balaban J connectivity index is 1.87. The van der Waals surface area contributed by atoms with Crippen molar-refractivity contribution < 1.29 is 4.79 Å². The van der Waals surface area contributed by atoms with Crippen molar-refractivity contribution in [3.63, 3.8) is 0 Å². The quantitative estimate of drug-likeness (QED) is 0.865. The highest BCUT2D eigenvalue weighted by molar-refractivity contribution is 5.81. The Labute approximate surface area is 122 Å². The van der Waals surface area contributed by atoms with Gasteiger partial charge in [0.2, 0.25) is 5.91 Å². The molecule has 1 aromatic rings. The minimum Gasteiger partial charge on any atom is -0.341 e. The monoisotopic (exact) mass is 274 g/mol. The highest BCUT2D eigenvalue weighted by Crippen LogP contribution is 2.11. The van der Waals surface area contributed by atoms with E-state index in [2.05, 4.69) is 36.5 Å². The van der Waals surface area contributed by atoms with E-state index in [1.54, 1.807) is 0 Å². The summed E-state index contributed by atoms with van der Waals surface area (Å²) in [7, 11) is 0. The molecule has 1 N–H and O–H groups in total. The first-order chi connectivity index (χ1) is 9.70. The molecule has 3 heteroatoms. The lowest BCUT2D eigenvalue weighted by Gasteiger charge is -2.25. The van der Waals surface area contributed by atoms with Crippen LogP contribution in [-0.2, 0) is 11.2 Å². The van der Waals surface area contributed by atoms with Gasteiger partial charge in [0.05, 0.1) is 6.04 Å². The third kappa shape index (κ3) is 4.07. The van der Waals surface area contributed by atoms with Crippen LogP contribution in [0.3, 0.4) is 0 Å². The highest BCUT2D eigenvalue weighted by Gasteiger charge is 2.24.